The van der Waals surface area contributed by atoms with Gasteiger partial charge in [-0.15, -0.1) is 0 Å². The molecule has 3 aromatic rings. The number of para-hydroxylation sites is 1. The fourth-order valence-electron chi connectivity index (χ4n) is 2.36. The van der Waals surface area contributed by atoms with Crippen molar-refractivity contribution in [2.24, 2.45) is 0 Å². The van der Waals surface area contributed by atoms with Crippen molar-refractivity contribution in [3.8, 4) is 5.69 Å². The topological polar surface area (TPSA) is 38.5 Å². The number of benzene rings is 1. The van der Waals surface area contributed by atoms with Crippen LogP contribution in [-0.4, -0.2) is 19.3 Å². The van der Waals surface area contributed by atoms with Crippen LogP contribution in [0.25, 0.3) is 5.69 Å². The van der Waals surface area contributed by atoms with Gasteiger partial charge < -0.3 is 0 Å². The van der Waals surface area contributed by atoms with Crippen molar-refractivity contribution in [2.75, 3.05) is 0 Å². The molecular weight excluding hydrogens is 467 g/mol. The van der Waals surface area contributed by atoms with Gasteiger partial charge in [0.25, 0.3) is 0 Å². The Morgan fingerprint density at radius 1 is 1.22 bits per heavy atom. The van der Waals surface area contributed by atoms with Crippen molar-refractivity contribution < 1.29 is 27.6 Å². The number of hydrogen-bond donors (Lipinski definition) is 1. The first kappa shape index (κ1) is 10.2. The Balaban J connectivity index is 1.76. The van der Waals surface area contributed by atoms with E-state index in [9.17, 15) is 0 Å². The van der Waals surface area contributed by atoms with Gasteiger partial charge in [0, 0.05) is 0 Å². The third-order valence-electron chi connectivity index (χ3n) is 3.52. The zero-order valence-corrected chi connectivity index (χ0v) is 15.1. The number of hydrogen-bond acceptors (Lipinski definition) is 1. The molecule has 0 atom stereocenters. The van der Waals surface area contributed by atoms with E-state index in [0.717, 1.165) is 37.1 Å². The van der Waals surface area contributed by atoms with Gasteiger partial charge >= 0.3 is 156 Å². The zero-order valence-electron chi connectivity index (χ0n) is 18.8. The second-order valence-electron chi connectivity index (χ2n) is 5.35. The minimum absolute atomic E-state index is 0.0327. The molecule has 0 fully saturated rings. The summed E-state index contributed by atoms with van der Waals surface area (Å²) in [4.78, 5) is 0. The average molecular weight is 496 g/mol. The number of aryl methyl sites for hydroxylation is 2. The molecule has 1 N–H and O–H groups in total. The van der Waals surface area contributed by atoms with Crippen LogP contribution >= 0.6 is 0 Å². The van der Waals surface area contributed by atoms with Gasteiger partial charge in [0.2, 0.25) is 0 Å². The Bertz CT molecular complexity index is 1100. The Morgan fingerprint density at radius 2 is 2.13 bits per heavy atom. The Labute approximate surface area is 156 Å². The van der Waals surface area contributed by atoms with E-state index in [2.05, 4.69) is 10.2 Å². The van der Waals surface area contributed by atoms with E-state index < -0.39 is 0 Å². The molecule has 0 spiro atoms. The number of H-pyrrole nitrogens is 1. The van der Waals surface area contributed by atoms with Gasteiger partial charge in [-0.2, -0.15) is 0 Å². The van der Waals surface area contributed by atoms with Crippen molar-refractivity contribution in [2.45, 2.75) is 39.2 Å². The van der Waals surface area contributed by atoms with Crippen LogP contribution in [0.1, 0.15) is 38.9 Å². The summed E-state index contributed by atoms with van der Waals surface area (Å²) in [7, 11) is 0. The Morgan fingerprint density at radius 3 is 2.96 bits per heavy atom. The quantitative estimate of drug-likeness (QED) is 0.498. The first-order valence-corrected chi connectivity index (χ1v) is 8.68. The monoisotopic (exact) mass is 495 g/mol. The Hall–Kier alpha value is -1.67. The molecule has 2 aromatic heterocycles. The number of nitrogens with zero attached hydrogens (tertiary/aromatic N) is 3. The summed E-state index contributed by atoms with van der Waals surface area (Å²) in [5.74, 6) is 0. The van der Waals surface area contributed by atoms with Crippen molar-refractivity contribution in [1.29, 1.82) is 0 Å². The van der Waals surface area contributed by atoms with Crippen LogP contribution < -0.4 is 0 Å². The summed E-state index contributed by atoms with van der Waals surface area (Å²) in [6.07, 6.45) is 3.61. The predicted octanol–water partition coefficient (Wildman–Crippen LogP) is 3.80. The van der Waals surface area contributed by atoms with Crippen molar-refractivity contribution >= 4 is 0 Å². The van der Waals surface area contributed by atoms with Gasteiger partial charge in [-0.05, 0) is 0 Å². The molecule has 0 amide bonds. The first-order valence-electron chi connectivity index (χ1n) is 10.5. The maximum atomic E-state index is 8.30. The van der Waals surface area contributed by atoms with Gasteiger partial charge in [0.15, 0.2) is 0 Å². The summed E-state index contributed by atoms with van der Waals surface area (Å²) >= 11 is 2.01. The second-order valence-corrected chi connectivity index (χ2v) is 6.37. The van der Waals surface area contributed by atoms with E-state index >= 15 is 0 Å². The van der Waals surface area contributed by atoms with E-state index in [1.54, 1.807) is 4.57 Å². The SMILES string of the molecule is [2H]c1cc(-n2c([2H])c([2H])n(CCCCCc3cc(C)[nH]n3)[c]2=[Pt])c([2H])c([2H])c1[2H]. The van der Waals surface area contributed by atoms with Crippen LogP contribution in [0, 0.1) is 10.7 Å². The first-order chi connectivity index (χ1) is 13.7. The second kappa shape index (κ2) is 7.74. The molecule has 124 valence electrons. The van der Waals surface area contributed by atoms with Crippen LogP contribution in [0.2, 0.25) is 0 Å². The molecule has 0 radical (unpaired) electrons. The Kier molecular flexibility index (Phi) is 3.45. The van der Waals surface area contributed by atoms with E-state index in [0.29, 0.717) is 10.3 Å². The fourth-order valence-corrected chi connectivity index (χ4v) is 3.14. The third kappa shape index (κ3) is 4.20. The molecule has 0 unspecified atom stereocenters. The van der Waals surface area contributed by atoms with Gasteiger partial charge in [-0.1, -0.05) is 0 Å². The average Bonchev–Trinajstić information content (AvgIpc) is 3.19. The van der Waals surface area contributed by atoms with Gasteiger partial charge in [-0.3, -0.25) is 0 Å². The predicted molar refractivity (Wildman–Crippen MR) is 87.9 cm³/mol. The van der Waals surface area contributed by atoms with Crippen LogP contribution in [-0.2, 0) is 32.3 Å². The van der Waals surface area contributed by atoms with Gasteiger partial charge in [-0.25, -0.2) is 0 Å². The van der Waals surface area contributed by atoms with Crippen LogP contribution in [0.3, 0.4) is 0 Å². The van der Waals surface area contributed by atoms with Crippen molar-refractivity contribution in [3.05, 3.63) is 63.8 Å². The molecule has 5 heteroatoms. The van der Waals surface area contributed by atoms with Crippen LogP contribution in [0.4, 0.5) is 0 Å². The maximum absolute atomic E-state index is 8.30. The summed E-state index contributed by atoms with van der Waals surface area (Å²) in [6.45, 7) is 2.54. The summed E-state index contributed by atoms with van der Waals surface area (Å²) in [5, 5.41) is 7.16. The molecule has 4 nitrogen and oxygen atoms in total. The molecule has 0 saturated carbocycles. The van der Waals surface area contributed by atoms with Crippen LogP contribution in [0.5, 0.6) is 0 Å². The molecule has 2 heterocycles. The number of nitrogens with one attached hydrogen (secondary N) is 1. The molecule has 0 aliphatic rings. The van der Waals surface area contributed by atoms with E-state index in [4.69, 9.17) is 8.22 Å². The molecule has 0 aliphatic carbocycles. The third-order valence-corrected chi connectivity index (χ3v) is 4.64. The van der Waals surface area contributed by atoms with Crippen molar-refractivity contribution in [1.82, 2.24) is 19.3 Å². The summed E-state index contributed by atoms with van der Waals surface area (Å²) in [6, 6.07) is 2.32. The molecular formula is C18H22N4Pt. The fraction of sp³-hybridized carbons (Fsp3) is 0.333. The molecule has 23 heavy (non-hydrogen) atoms. The number of aromatic nitrogens is 4. The van der Waals surface area contributed by atoms with Crippen LogP contribution in [0.15, 0.2) is 48.6 Å². The normalized spacial score (nSPS) is 14.7. The number of imidazole rings is 1. The van der Waals surface area contributed by atoms with E-state index in [1.807, 2.05) is 32.3 Å². The minimum atomic E-state index is -0.344. The van der Waals surface area contributed by atoms with Gasteiger partial charge in [0.1, 0.15) is 0 Å². The molecule has 0 aliphatic heterocycles. The standard InChI is InChI=1S/C18H22N4.Pt/c1-16-14-17(20-19-16)8-4-3-7-11-21-12-13-22(15-21)18-9-5-2-6-10-18;/h2,5-6,9-10,12-14H,3-4,7-8,11H2,1H3,(H,19,20);/i2D,5D,6D,9D,12D,13D;. The molecule has 0 saturated heterocycles. The molecule has 0 bridgehead atoms. The van der Waals surface area contributed by atoms with E-state index in [1.165, 1.54) is 10.6 Å². The zero-order chi connectivity index (χ0) is 21.3. The summed E-state index contributed by atoms with van der Waals surface area (Å²) in [5.41, 5.74) is 2.28. The molecule has 1 aromatic carbocycles. The van der Waals surface area contributed by atoms with Crippen molar-refractivity contribution in [3.63, 3.8) is 0 Å². The molecule has 3 rings (SSSR count). The summed E-state index contributed by atoms with van der Waals surface area (Å²) < 4.78 is 51.8. The number of aromatic amines is 1. The van der Waals surface area contributed by atoms with Gasteiger partial charge in [0.05, 0.1) is 0 Å². The van der Waals surface area contributed by atoms with E-state index in [-0.39, 0.29) is 42.2 Å². The number of unbranched alkanes of at least 4 members (excludes halogenated alkanes) is 2. The number of rotatable bonds is 7.